The van der Waals surface area contributed by atoms with E-state index < -0.39 is 0 Å². The maximum atomic E-state index is 11.2. The summed E-state index contributed by atoms with van der Waals surface area (Å²) in [5, 5.41) is 4.62. The van der Waals surface area contributed by atoms with E-state index in [1.165, 1.54) is 0 Å². The molecule has 0 saturated carbocycles. The van der Waals surface area contributed by atoms with Crippen LogP contribution in [0.4, 0.5) is 0 Å². The van der Waals surface area contributed by atoms with E-state index in [1.54, 1.807) is 17.6 Å². The fourth-order valence-corrected chi connectivity index (χ4v) is 1.64. The maximum absolute atomic E-state index is 11.2. The first-order valence-electron chi connectivity index (χ1n) is 3.53. The molecule has 0 amide bonds. The third-order valence-electron chi connectivity index (χ3n) is 1.70. The molecule has 0 fully saturated rings. The Hall–Kier alpha value is -0.560. The lowest BCUT2D eigenvalue weighted by Gasteiger charge is -1.93. The number of hydrogen-bond acceptors (Lipinski definition) is 2. The second-order valence-corrected chi connectivity index (χ2v) is 4.16. The van der Waals surface area contributed by atoms with Crippen LogP contribution in [0.2, 0.25) is 5.02 Å². The molecule has 0 aliphatic rings. The Morgan fingerprint density at radius 1 is 1.69 bits per heavy atom. The first-order valence-corrected chi connectivity index (χ1v) is 4.98. The number of nitrogens with one attached hydrogen (secondary N) is 1. The molecule has 4 nitrogen and oxygen atoms in total. The van der Waals surface area contributed by atoms with Gasteiger partial charge < -0.3 is 4.98 Å². The lowest BCUT2D eigenvalue weighted by atomic mass is 10.5. The van der Waals surface area contributed by atoms with Crippen molar-refractivity contribution < 1.29 is 0 Å². The van der Waals surface area contributed by atoms with E-state index >= 15 is 0 Å². The Morgan fingerprint density at radius 3 is 3.08 bits per heavy atom. The second kappa shape index (κ2) is 2.98. The summed E-state index contributed by atoms with van der Waals surface area (Å²) in [4.78, 5) is 13.9. The summed E-state index contributed by atoms with van der Waals surface area (Å²) in [6.07, 6.45) is 1.65. The van der Waals surface area contributed by atoms with Crippen LogP contribution in [0.5, 0.6) is 0 Å². The van der Waals surface area contributed by atoms with E-state index in [4.69, 9.17) is 11.6 Å². The summed E-state index contributed by atoms with van der Waals surface area (Å²) in [6.45, 7) is 1.79. The summed E-state index contributed by atoms with van der Waals surface area (Å²) in [5.41, 5.74) is 1.11. The van der Waals surface area contributed by atoms with Crippen LogP contribution in [-0.4, -0.2) is 14.6 Å². The van der Waals surface area contributed by atoms with E-state index in [0.29, 0.717) is 19.9 Å². The first-order chi connectivity index (χ1) is 6.09. The van der Waals surface area contributed by atoms with Crippen LogP contribution in [-0.2, 0) is 0 Å². The molecule has 2 rings (SSSR count). The van der Waals surface area contributed by atoms with Gasteiger partial charge >= 0.3 is 0 Å². The summed E-state index contributed by atoms with van der Waals surface area (Å²) in [5.74, 6) is 0. The summed E-state index contributed by atoms with van der Waals surface area (Å²) < 4.78 is 2.16. The first kappa shape index (κ1) is 9.01. The zero-order valence-corrected chi connectivity index (χ0v) is 9.55. The van der Waals surface area contributed by atoms with Gasteiger partial charge in [0.25, 0.3) is 5.56 Å². The van der Waals surface area contributed by atoms with Crippen LogP contribution in [0.1, 0.15) is 5.69 Å². The summed E-state index contributed by atoms with van der Waals surface area (Å²) in [6, 6.07) is 0. The van der Waals surface area contributed by atoms with Crippen LogP contribution >= 0.6 is 34.2 Å². The van der Waals surface area contributed by atoms with Crippen molar-refractivity contribution in [2.75, 3.05) is 0 Å². The summed E-state index contributed by atoms with van der Waals surface area (Å²) >= 11 is 7.86. The zero-order valence-electron chi connectivity index (χ0n) is 6.64. The van der Waals surface area contributed by atoms with Gasteiger partial charge in [-0.05, 0) is 29.5 Å². The smallest absolute Gasteiger partial charge is 0.264 e. The number of fused-ring (bicyclic) bond motifs is 1. The highest BCUT2D eigenvalue weighted by Crippen LogP contribution is 2.18. The number of aromatic amines is 1. The standard InChI is InChI=1S/C7H5ClIN3O/c1-3-5(8)6-10-7(13)4(9)2-12(6)11-3/h2H,1H3,(H,10,13). The quantitative estimate of drug-likeness (QED) is 0.751. The fraction of sp³-hybridized carbons (Fsp3) is 0.143. The van der Waals surface area contributed by atoms with Gasteiger partial charge in [-0.25, -0.2) is 4.52 Å². The number of H-pyrrole nitrogens is 1. The highest BCUT2D eigenvalue weighted by Gasteiger charge is 2.08. The Labute approximate surface area is 92.0 Å². The zero-order chi connectivity index (χ0) is 9.59. The molecule has 13 heavy (non-hydrogen) atoms. The molecule has 2 aromatic heterocycles. The van der Waals surface area contributed by atoms with E-state index in [-0.39, 0.29) is 5.56 Å². The molecule has 0 aliphatic heterocycles. The predicted octanol–water partition coefficient (Wildman–Crippen LogP) is 1.59. The average Bonchev–Trinajstić information content (AvgIpc) is 2.32. The van der Waals surface area contributed by atoms with Crippen molar-refractivity contribution in [2.45, 2.75) is 6.92 Å². The monoisotopic (exact) mass is 309 g/mol. The Bertz CT molecular complexity index is 530. The lowest BCUT2D eigenvalue weighted by Crippen LogP contribution is -2.11. The number of rotatable bonds is 0. The minimum Gasteiger partial charge on any atom is -0.305 e. The van der Waals surface area contributed by atoms with E-state index in [1.807, 2.05) is 22.6 Å². The molecular formula is C7H5ClIN3O. The maximum Gasteiger partial charge on any atom is 0.264 e. The molecule has 0 radical (unpaired) electrons. The minimum atomic E-state index is -0.144. The van der Waals surface area contributed by atoms with Gasteiger partial charge in [-0.3, -0.25) is 4.79 Å². The molecule has 0 bridgehead atoms. The number of nitrogens with zero attached hydrogens (tertiary/aromatic N) is 2. The molecule has 0 aromatic carbocycles. The van der Waals surface area contributed by atoms with Crippen LogP contribution in [0.25, 0.3) is 5.65 Å². The Kier molecular flexibility index (Phi) is 2.07. The van der Waals surface area contributed by atoms with Crippen molar-refractivity contribution in [1.29, 1.82) is 0 Å². The molecule has 0 unspecified atom stereocenters. The van der Waals surface area contributed by atoms with Gasteiger partial charge in [0.15, 0.2) is 5.65 Å². The van der Waals surface area contributed by atoms with Crippen LogP contribution in [0, 0.1) is 10.5 Å². The molecule has 68 valence electrons. The normalized spacial score (nSPS) is 11.0. The van der Waals surface area contributed by atoms with Crippen LogP contribution < -0.4 is 5.56 Å². The van der Waals surface area contributed by atoms with Crippen molar-refractivity contribution in [2.24, 2.45) is 0 Å². The van der Waals surface area contributed by atoms with Crippen molar-refractivity contribution >= 4 is 39.8 Å². The SMILES string of the molecule is Cc1nn2cc(I)c(=O)[nH]c2c1Cl. The lowest BCUT2D eigenvalue weighted by molar-refractivity contribution is 0.903. The van der Waals surface area contributed by atoms with E-state index in [9.17, 15) is 4.79 Å². The molecule has 2 aromatic rings. The molecule has 0 spiro atoms. The number of aromatic nitrogens is 3. The molecule has 0 aliphatic carbocycles. The molecule has 2 heterocycles. The number of aryl methyl sites for hydroxylation is 1. The number of hydrogen-bond donors (Lipinski definition) is 1. The predicted molar refractivity (Wildman–Crippen MR) is 58.3 cm³/mol. The largest absolute Gasteiger partial charge is 0.305 e. The van der Waals surface area contributed by atoms with Crippen molar-refractivity contribution in [1.82, 2.24) is 14.6 Å². The van der Waals surface area contributed by atoms with Gasteiger partial charge in [0.05, 0.1) is 9.26 Å². The molecule has 0 atom stereocenters. The van der Waals surface area contributed by atoms with E-state index in [2.05, 4.69) is 10.1 Å². The Morgan fingerprint density at radius 2 is 2.38 bits per heavy atom. The van der Waals surface area contributed by atoms with Crippen molar-refractivity contribution in [3.05, 3.63) is 30.8 Å². The van der Waals surface area contributed by atoms with Crippen LogP contribution in [0.15, 0.2) is 11.0 Å². The second-order valence-electron chi connectivity index (χ2n) is 2.62. The van der Waals surface area contributed by atoms with Crippen molar-refractivity contribution in [3.63, 3.8) is 0 Å². The topological polar surface area (TPSA) is 50.2 Å². The van der Waals surface area contributed by atoms with Gasteiger partial charge in [-0.2, -0.15) is 5.10 Å². The van der Waals surface area contributed by atoms with Gasteiger partial charge in [0.2, 0.25) is 0 Å². The highest BCUT2D eigenvalue weighted by atomic mass is 127. The molecular weight excluding hydrogens is 304 g/mol. The van der Waals surface area contributed by atoms with Gasteiger partial charge in [0.1, 0.15) is 5.02 Å². The van der Waals surface area contributed by atoms with Gasteiger partial charge in [0, 0.05) is 6.20 Å². The average molecular weight is 309 g/mol. The third-order valence-corrected chi connectivity index (χ3v) is 2.92. The van der Waals surface area contributed by atoms with E-state index in [0.717, 1.165) is 0 Å². The molecule has 1 N–H and O–H groups in total. The van der Waals surface area contributed by atoms with Crippen LogP contribution in [0.3, 0.4) is 0 Å². The van der Waals surface area contributed by atoms with Gasteiger partial charge in [-0.15, -0.1) is 0 Å². The molecule has 0 saturated heterocycles. The highest BCUT2D eigenvalue weighted by molar-refractivity contribution is 14.1. The fourth-order valence-electron chi connectivity index (χ4n) is 1.07. The minimum absolute atomic E-state index is 0.144. The van der Waals surface area contributed by atoms with Crippen molar-refractivity contribution in [3.8, 4) is 0 Å². The Balaban J connectivity index is 2.97. The number of halogens is 2. The third kappa shape index (κ3) is 1.35. The summed E-state index contributed by atoms with van der Waals surface area (Å²) in [7, 11) is 0. The van der Waals surface area contributed by atoms with Gasteiger partial charge in [-0.1, -0.05) is 11.6 Å². The molecule has 6 heteroatoms.